The van der Waals surface area contributed by atoms with Gasteiger partial charge >= 0.3 is 5.97 Å². The number of thiophene rings is 1. The largest absolute Gasteiger partial charge is 0.493 e. The Hall–Kier alpha value is -3.14. The van der Waals surface area contributed by atoms with E-state index in [2.05, 4.69) is 5.32 Å². The number of rotatable bonds is 9. The lowest BCUT2D eigenvalue weighted by molar-refractivity contribution is -0.385. The highest BCUT2D eigenvalue weighted by Crippen LogP contribution is 2.35. The molecule has 0 spiro atoms. The predicted octanol–water partition coefficient (Wildman–Crippen LogP) is 2.93. The topological polar surface area (TPSA) is 117 Å². The molecule has 10 heteroatoms. The summed E-state index contributed by atoms with van der Waals surface area (Å²) in [6.45, 7) is 3.68. The number of carbonyl (C=O) groups excluding carboxylic acids is 2. The molecule has 0 unspecified atom stereocenters. The first-order chi connectivity index (χ1) is 13.4. The van der Waals surface area contributed by atoms with Crippen molar-refractivity contribution in [3.8, 4) is 11.5 Å². The molecule has 1 atom stereocenters. The minimum Gasteiger partial charge on any atom is -0.493 e. The molecule has 0 fully saturated rings. The van der Waals surface area contributed by atoms with Crippen LogP contribution in [0.4, 0.5) is 5.69 Å². The van der Waals surface area contributed by atoms with Gasteiger partial charge in [-0.2, -0.15) is 0 Å². The van der Waals surface area contributed by atoms with E-state index in [0.717, 1.165) is 10.9 Å². The number of nitrogens with one attached hydrogen (secondary N) is 1. The molecule has 2 aromatic rings. The van der Waals surface area contributed by atoms with Crippen LogP contribution in [0.25, 0.3) is 0 Å². The molecule has 9 nitrogen and oxygen atoms in total. The maximum atomic E-state index is 12.5. The zero-order chi connectivity index (χ0) is 20.7. The Kier molecular flexibility index (Phi) is 7.33. The van der Waals surface area contributed by atoms with Gasteiger partial charge in [-0.25, -0.2) is 4.79 Å². The Morgan fingerprint density at radius 1 is 1.32 bits per heavy atom. The summed E-state index contributed by atoms with van der Waals surface area (Å²) >= 11 is 1.48. The third-order valence-corrected chi connectivity index (χ3v) is 4.54. The summed E-state index contributed by atoms with van der Waals surface area (Å²) in [4.78, 5) is 36.2. The van der Waals surface area contributed by atoms with Gasteiger partial charge in [0.1, 0.15) is 5.56 Å². The standard InChI is InChI=1S/C18H20N2O7S/c1-4-26-16-8-13(14(20(23)24)9-15(16)25-3)18(22)27-11(2)17(21)19-10-12-6-5-7-28-12/h5-9,11H,4,10H2,1-3H3,(H,19,21)/t11-/m1/s1. The lowest BCUT2D eigenvalue weighted by Gasteiger charge is -2.15. The first-order valence-electron chi connectivity index (χ1n) is 8.37. The number of benzene rings is 1. The number of esters is 1. The number of nitrogens with zero attached hydrogens (tertiary/aromatic N) is 1. The van der Waals surface area contributed by atoms with E-state index in [1.165, 1.54) is 31.4 Å². The number of hydrogen-bond acceptors (Lipinski definition) is 8. The lowest BCUT2D eigenvalue weighted by atomic mass is 10.1. The van der Waals surface area contributed by atoms with Crippen molar-refractivity contribution in [1.82, 2.24) is 5.32 Å². The maximum Gasteiger partial charge on any atom is 0.346 e. The Morgan fingerprint density at radius 3 is 2.64 bits per heavy atom. The van der Waals surface area contributed by atoms with Crippen molar-refractivity contribution >= 4 is 28.9 Å². The third-order valence-electron chi connectivity index (χ3n) is 3.67. The number of nitro groups is 1. The SMILES string of the molecule is CCOc1cc(C(=O)O[C@H](C)C(=O)NCc2cccs2)c([N+](=O)[O-])cc1OC. The summed E-state index contributed by atoms with van der Waals surface area (Å²) in [6, 6.07) is 5.98. The van der Waals surface area contributed by atoms with Gasteiger partial charge in [-0.3, -0.25) is 14.9 Å². The summed E-state index contributed by atoms with van der Waals surface area (Å²) in [5.74, 6) is -1.23. The van der Waals surface area contributed by atoms with Gasteiger partial charge < -0.3 is 19.5 Å². The number of methoxy groups -OCH3 is 1. The lowest BCUT2D eigenvalue weighted by Crippen LogP contribution is -2.35. The van der Waals surface area contributed by atoms with Crippen LogP contribution in [0.5, 0.6) is 11.5 Å². The van der Waals surface area contributed by atoms with Crippen LogP contribution >= 0.6 is 11.3 Å². The van der Waals surface area contributed by atoms with Crippen molar-refractivity contribution in [2.75, 3.05) is 13.7 Å². The van der Waals surface area contributed by atoms with E-state index in [1.54, 1.807) is 6.92 Å². The van der Waals surface area contributed by atoms with Gasteiger partial charge in [0, 0.05) is 10.9 Å². The number of carbonyl (C=O) groups is 2. The summed E-state index contributed by atoms with van der Waals surface area (Å²) in [5, 5.41) is 15.9. The average molecular weight is 408 g/mol. The Balaban J connectivity index is 2.15. The van der Waals surface area contributed by atoms with Crippen LogP contribution in [-0.4, -0.2) is 36.6 Å². The molecule has 1 aromatic heterocycles. The van der Waals surface area contributed by atoms with E-state index >= 15 is 0 Å². The van der Waals surface area contributed by atoms with Gasteiger partial charge in [0.15, 0.2) is 17.6 Å². The monoisotopic (exact) mass is 408 g/mol. The second kappa shape index (κ2) is 9.70. The Morgan fingerprint density at radius 2 is 2.07 bits per heavy atom. The highest BCUT2D eigenvalue weighted by atomic mass is 32.1. The summed E-state index contributed by atoms with van der Waals surface area (Å²) in [7, 11) is 1.33. The number of ether oxygens (including phenoxy) is 3. The van der Waals surface area contributed by atoms with Gasteiger partial charge in [-0.15, -0.1) is 11.3 Å². The van der Waals surface area contributed by atoms with E-state index in [4.69, 9.17) is 14.2 Å². The van der Waals surface area contributed by atoms with Crippen LogP contribution in [0, 0.1) is 10.1 Å². The van der Waals surface area contributed by atoms with Crippen molar-refractivity contribution in [2.24, 2.45) is 0 Å². The van der Waals surface area contributed by atoms with Crippen LogP contribution in [0.2, 0.25) is 0 Å². The molecule has 1 aromatic carbocycles. The van der Waals surface area contributed by atoms with Crippen molar-refractivity contribution < 1.29 is 28.7 Å². The fourth-order valence-electron chi connectivity index (χ4n) is 2.30. The molecule has 0 saturated carbocycles. The fraction of sp³-hybridized carbons (Fsp3) is 0.333. The molecular formula is C18H20N2O7S. The second-order valence-corrected chi connectivity index (χ2v) is 6.59. The zero-order valence-corrected chi connectivity index (χ0v) is 16.4. The molecule has 1 heterocycles. The van der Waals surface area contributed by atoms with Gasteiger partial charge in [0.2, 0.25) is 0 Å². The summed E-state index contributed by atoms with van der Waals surface area (Å²) < 4.78 is 15.5. The van der Waals surface area contributed by atoms with Gasteiger partial charge in [-0.1, -0.05) is 6.07 Å². The molecule has 0 aliphatic heterocycles. The van der Waals surface area contributed by atoms with Crippen molar-refractivity contribution in [3.05, 3.63) is 50.2 Å². The van der Waals surface area contributed by atoms with Crippen molar-refractivity contribution in [1.29, 1.82) is 0 Å². The first-order valence-corrected chi connectivity index (χ1v) is 9.25. The maximum absolute atomic E-state index is 12.5. The molecule has 28 heavy (non-hydrogen) atoms. The Labute approximate surface area is 165 Å². The summed E-state index contributed by atoms with van der Waals surface area (Å²) in [6.07, 6.45) is -1.13. The molecule has 0 radical (unpaired) electrons. The van der Waals surface area contributed by atoms with Crippen LogP contribution in [0.15, 0.2) is 29.6 Å². The van der Waals surface area contributed by atoms with Gasteiger partial charge in [-0.05, 0) is 25.3 Å². The minimum atomic E-state index is -1.13. The van der Waals surface area contributed by atoms with Crippen molar-refractivity contribution in [2.45, 2.75) is 26.5 Å². The molecule has 1 amide bonds. The quantitative estimate of drug-likeness (QED) is 0.385. The molecule has 0 bridgehead atoms. The average Bonchev–Trinajstić information content (AvgIpc) is 3.19. The van der Waals surface area contributed by atoms with E-state index in [0.29, 0.717) is 6.54 Å². The molecule has 0 aliphatic carbocycles. The zero-order valence-electron chi connectivity index (χ0n) is 15.6. The molecule has 0 aliphatic rings. The highest BCUT2D eigenvalue weighted by Gasteiger charge is 2.28. The minimum absolute atomic E-state index is 0.117. The number of nitro benzene ring substituents is 1. The number of hydrogen-bond donors (Lipinski definition) is 1. The first kappa shape index (κ1) is 21.2. The highest BCUT2D eigenvalue weighted by molar-refractivity contribution is 7.09. The fourth-order valence-corrected chi connectivity index (χ4v) is 2.94. The van der Waals surface area contributed by atoms with Crippen LogP contribution < -0.4 is 14.8 Å². The molecule has 2 rings (SSSR count). The van der Waals surface area contributed by atoms with Crippen LogP contribution in [-0.2, 0) is 16.1 Å². The second-order valence-electron chi connectivity index (χ2n) is 5.56. The third kappa shape index (κ3) is 5.19. The van der Waals surface area contributed by atoms with Crippen molar-refractivity contribution in [3.63, 3.8) is 0 Å². The normalized spacial score (nSPS) is 11.4. The van der Waals surface area contributed by atoms with Crippen LogP contribution in [0.1, 0.15) is 29.1 Å². The van der Waals surface area contributed by atoms with E-state index < -0.39 is 28.6 Å². The van der Waals surface area contributed by atoms with Gasteiger partial charge in [0.05, 0.1) is 31.3 Å². The van der Waals surface area contributed by atoms with E-state index in [1.807, 2.05) is 17.5 Å². The predicted molar refractivity (Wildman–Crippen MR) is 102 cm³/mol. The van der Waals surface area contributed by atoms with Gasteiger partial charge in [0.25, 0.3) is 11.6 Å². The smallest absolute Gasteiger partial charge is 0.346 e. The molecule has 1 N–H and O–H groups in total. The Bertz CT molecular complexity index is 852. The summed E-state index contributed by atoms with van der Waals surface area (Å²) in [5.41, 5.74) is -0.830. The molecule has 150 valence electrons. The van der Waals surface area contributed by atoms with E-state index in [9.17, 15) is 19.7 Å². The molecule has 0 saturated heterocycles. The molecular weight excluding hydrogens is 388 g/mol. The number of amides is 1. The van der Waals surface area contributed by atoms with E-state index in [-0.39, 0.29) is 23.7 Å². The van der Waals surface area contributed by atoms with Crippen LogP contribution in [0.3, 0.4) is 0 Å².